The Hall–Kier alpha value is -2.69. The van der Waals surface area contributed by atoms with Gasteiger partial charge in [-0.1, -0.05) is 6.07 Å². The number of aryl methyl sites for hydroxylation is 2. The quantitative estimate of drug-likeness (QED) is 0.831. The molecule has 3 N–H and O–H groups in total. The van der Waals surface area contributed by atoms with Gasteiger partial charge in [0.25, 0.3) is 11.8 Å². The molecule has 21 heavy (non-hydrogen) atoms. The molecule has 1 aromatic heterocycles. The van der Waals surface area contributed by atoms with Gasteiger partial charge in [-0.3, -0.25) is 9.59 Å². The molecule has 5 heteroatoms. The average Bonchev–Trinajstić information content (AvgIpc) is 2.37. The van der Waals surface area contributed by atoms with Gasteiger partial charge in [0, 0.05) is 11.8 Å². The molecule has 0 aliphatic carbocycles. The Balaban J connectivity index is 2.08. The zero-order chi connectivity index (χ0) is 15.4. The van der Waals surface area contributed by atoms with E-state index in [1.165, 1.54) is 0 Å². The van der Waals surface area contributed by atoms with Gasteiger partial charge in [-0.2, -0.15) is 4.57 Å². The standard InChI is InChI=1S/C16H17N3O2/c1-11-6-12(2)8-14(7-11)18-15(20)10-19-5-3-4-13(9-19)16(17)21/h3-9H,10H2,1-2H3,(H2-,17,18,20,21)/p+1. The first-order chi connectivity index (χ1) is 9.94. The monoisotopic (exact) mass is 284 g/mol. The number of rotatable bonds is 4. The number of anilines is 1. The van der Waals surface area contributed by atoms with Crippen LogP contribution in [0.15, 0.2) is 42.7 Å². The average molecular weight is 284 g/mol. The highest BCUT2D eigenvalue weighted by atomic mass is 16.2. The number of benzene rings is 1. The van der Waals surface area contributed by atoms with Crippen molar-refractivity contribution in [2.24, 2.45) is 5.73 Å². The van der Waals surface area contributed by atoms with Crippen LogP contribution in [0.2, 0.25) is 0 Å². The summed E-state index contributed by atoms with van der Waals surface area (Å²) in [6.07, 6.45) is 3.27. The number of primary amides is 1. The summed E-state index contributed by atoms with van der Waals surface area (Å²) in [7, 11) is 0. The van der Waals surface area contributed by atoms with Gasteiger partial charge in [0.2, 0.25) is 6.54 Å². The molecule has 1 heterocycles. The molecule has 0 unspecified atom stereocenters. The van der Waals surface area contributed by atoms with E-state index in [4.69, 9.17) is 5.73 Å². The number of pyridine rings is 1. The van der Waals surface area contributed by atoms with Gasteiger partial charge < -0.3 is 11.1 Å². The van der Waals surface area contributed by atoms with Crippen molar-refractivity contribution in [2.45, 2.75) is 20.4 Å². The van der Waals surface area contributed by atoms with E-state index in [0.29, 0.717) is 5.56 Å². The van der Waals surface area contributed by atoms with Gasteiger partial charge in [0.05, 0.1) is 0 Å². The number of hydrogen-bond donors (Lipinski definition) is 2. The third-order valence-electron chi connectivity index (χ3n) is 2.97. The first-order valence-electron chi connectivity index (χ1n) is 6.61. The van der Waals surface area contributed by atoms with E-state index in [1.54, 1.807) is 29.1 Å². The highest BCUT2D eigenvalue weighted by molar-refractivity contribution is 5.92. The Morgan fingerprint density at radius 2 is 1.86 bits per heavy atom. The predicted octanol–water partition coefficient (Wildman–Crippen LogP) is 1.33. The van der Waals surface area contributed by atoms with Gasteiger partial charge in [-0.05, 0) is 43.2 Å². The smallest absolute Gasteiger partial charge is 0.290 e. The molecule has 2 aromatic rings. The number of carbonyl (C=O) groups is 2. The van der Waals surface area contributed by atoms with E-state index < -0.39 is 5.91 Å². The minimum Gasteiger partial charge on any atom is -0.365 e. The summed E-state index contributed by atoms with van der Waals surface area (Å²) in [4.78, 5) is 23.2. The van der Waals surface area contributed by atoms with Crippen molar-refractivity contribution in [2.75, 3.05) is 5.32 Å². The van der Waals surface area contributed by atoms with Gasteiger partial charge >= 0.3 is 0 Å². The maximum Gasteiger partial charge on any atom is 0.290 e. The molecule has 0 radical (unpaired) electrons. The lowest BCUT2D eigenvalue weighted by Crippen LogP contribution is -2.40. The molecule has 5 nitrogen and oxygen atoms in total. The van der Waals surface area contributed by atoms with Crippen LogP contribution >= 0.6 is 0 Å². The van der Waals surface area contributed by atoms with Crippen LogP contribution in [0.1, 0.15) is 21.5 Å². The Kier molecular flexibility index (Phi) is 4.33. The molecule has 2 rings (SSSR count). The third kappa shape index (κ3) is 4.14. The fraction of sp³-hybridized carbons (Fsp3) is 0.188. The number of nitrogens with zero attached hydrogens (tertiary/aromatic N) is 1. The molecule has 0 atom stereocenters. The Morgan fingerprint density at radius 1 is 1.19 bits per heavy atom. The van der Waals surface area contributed by atoms with E-state index >= 15 is 0 Å². The maximum absolute atomic E-state index is 12.0. The minimum atomic E-state index is -0.515. The molecule has 0 aliphatic heterocycles. The lowest BCUT2D eigenvalue weighted by Gasteiger charge is -2.06. The molecule has 108 valence electrons. The van der Waals surface area contributed by atoms with Crippen LogP contribution < -0.4 is 15.6 Å². The topological polar surface area (TPSA) is 76.1 Å². The summed E-state index contributed by atoms with van der Waals surface area (Å²) in [5.41, 5.74) is 8.54. The summed E-state index contributed by atoms with van der Waals surface area (Å²) in [5.74, 6) is -0.675. The summed E-state index contributed by atoms with van der Waals surface area (Å²) >= 11 is 0. The number of nitrogens with one attached hydrogen (secondary N) is 1. The first-order valence-corrected chi connectivity index (χ1v) is 6.61. The second kappa shape index (κ2) is 6.17. The Bertz CT molecular complexity index is 675. The number of amides is 2. The minimum absolute atomic E-state index is 0.119. The zero-order valence-electron chi connectivity index (χ0n) is 12.1. The van der Waals surface area contributed by atoms with Crippen LogP contribution in [-0.2, 0) is 11.3 Å². The van der Waals surface area contributed by atoms with Crippen LogP contribution in [0.4, 0.5) is 5.69 Å². The van der Waals surface area contributed by atoms with E-state index in [0.717, 1.165) is 16.8 Å². The number of nitrogens with two attached hydrogens (primary N) is 1. The fourth-order valence-corrected chi connectivity index (χ4v) is 2.18. The third-order valence-corrected chi connectivity index (χ3v) is 2.97. The number of aromatic nitrogens is 1. The Morgan fingerprint density at radius 3 is 2.48 bits per heavy atom. The number of hydrogen-bond acceptors (Lipinski definition) is 2. The maximum atomic E-state index is 12.0. The molecule has 1 aromatic carbocycles. The van der Waals surface area contributed by atoms with Crippen molar-refractivity contribution < 1.29 is 14.2 Å². The van der Waals surface area contributed by atoms with Crippen molar-refractivity contribution in [3.8, 4) is 0 Å². The van der Waals surface area contributed by atoms with Gasteiger partial charge in [0.15, 0.2) is 12.4 Å². The predicted molar refractivity (Wildman–Crippen MR) is 79.7 cm³/mol. The highest BCUT2D eigenvalue weighted by Crippen LogP contribution is 2.13. The van der Waals surface area contributed by atoms with Crippen LogP contribution in [0.3, 0.4) is 0 Å². The van der Waals surface area contributed by atoms with Gasteiger partial charge in [0.1, 0.15) is 5.56 Å². The van der Waals surface area contributed by atoms with Crippen molar-refractivity contribution in [1.29, 1.82) is 0 Å². The summed E-state index contributed by atoms with van der Waals surface area (Å²) in [6, 6.07) is 9.16. The van der Waals surface area contributed by atoms with E-state index in [-0.39, 0.29) is 12.5 Å². The molecule has 0 saturated carbocycles. The van der Waals surface area contributed by atoms with Crippen LogP contribution in [0, 0.1) is 13.8 Å². The van der Waals surface area contributed by atoms with Gasteiger partial charge in [-0.25, -0.2) is 0 Å². The summed E-state index contributed by atoms with van der Waals surface area (Å²) in [5, 5.41) is 2.84. The largest absolute Gasteiger partial charge is 0.365 e. The molecule has 0 aliphatic rings. The van der Waals surface area contributed by atoms with E-state index in [9.17, 15) is 9.59 Å². The SMILES string of the molecule is Cc1cc(C)cc(NC(=O)C[n+]2cccc(C(N)=O)c2)c1. The molecular formula is C16H18N3O2+. The second-order valence-electron chi connectivity index (χ2n) is 5.05. The molecule has 0 fully saturated rings. The van der Waals surface area contributed by atoms with Crippen molar-refractivity contribution in [1.82, 2.24) is 0 Å². The summed E-state index contributed by atoms with van der Waals surface area (Å²) in [6.45, 7) is 4.08. The van der Waals surface area contributed by atoms with E-state index in [1.807, 2.05) is 32.0 Å². The lowest BCUT2D eigenvalue weighted by molar-refractivity contribution is -0.684. The van der Waals surface area contributed by atoms with Crippen molar-refractivity contribution in [3.63, 3.8) is 0 Å². The molecular weight excluding hydrogens is 266 g/mol. The van der Waals surface area contributed by atoms with Crippen molar-refractivity contribution >= 4 is 17.5 Å². The molecule has 0 spiro atoms. The number of carbonyl (C=O) groups excluding carboxylic acids is 2. The molecule has 0 bridgehead atoms. The first kappa shape index (κ1) is 14.7. The van der Waals surface area contributed by atoms with Crippen LogP contribution in [0.5, 0.6) is 0 Å². The van der Waals surface area contributed by atoms with E-state index in [2.05, 4.69) is 5.32 Å². The van der Waals surface area contributed by atoms with Crippen molar-refractivity contribution in [3.05, 3.63) is 59.4 Å². The van der Waals surface area contributed by atoms with Crippen LogP contribution in [0.25, 0.3) is 0 Å². The lowest BCUT2D eigenvalue weighted by atomic mass is 10.1. The second-order valence-corrected chi connectivity index (χ2v) is 5.05. The molecule has 2 amide bonds. The zero-order valence-corrected chi connectivity index (χ0v) is 12.1. The van der Waals surface area contributed by atoms with Gasteiger partial charge in [-0.15, -0.1) is 0 Å². The fourth-order valence-electron chi connectivity index (χ4n) is 2.18. The summed E-state index contributed by atoms with van der Waals surface area (Å²) < 4.78 is 1.62. The molecule has 0 saturated heterocycles. The normalized spacial score (nSPS) is 10.2. The van der Waals surface area contributed by atoms with Crippen LogP contribution in [-0.4, -0.2) is 11.8 Å². The Labute approximate surface area is 123 Å². The highest BCUT2D eigenvalue weighted by Gasteiger charge is 2.12.